The number of alkyl halides is 2. The predicted molar refractivity (Wildman–Crippen MR) is 69.0 cm³/mol. The SMILES string of the molecule is O=C(O)C1CCCN1Cc1ccc(OCC(F)F)cc1. The number of ether oxygens (including phenoxy) is 1. The van der Waals surface area contributed by atoms with Crippen molar-refractivity contribution in [2.75, 3.05) is 13.2 Å². The highest BCUT2D eigenvalue weighted by Crippen LogP contribution is 2.21. The van der Waals surface area contributed by atoms with Gasteiger partial charge in [-0.25, -0.2) is 8.78 Å². The smallest absolute Gasteiger partial charge is 0.320 e. The van der Waals surface area contributed by atoms with Crippen LogP contribution in [0.1, 0.15) is 18.4 Å². The van der Waals surface area contributed by atoms with Gasteiger partial charge >= 0.3 is 5.97 Å². The summed E-state index contributed by atoms with van der Waals surface area (Å²) in [5, 5.41) is 9.10. The molecule has 1 fully saturated rings. The lowest BCUT2D eigenvalue weighted by Crippen LogP contribution is -2.35. The van der Waals surface area contributed by atoms with E-state index in [4.69, 9.17) is 9.84 Å². The number of rotatable bonds is 6. The van der Waals surface area contributed by atoms with Crippen molar-refractivity contribution < 1.29 is 23.4 Å². The number of carboxylic acids is 1. The van der Waals surface area contributed by atoms with Crippen molar-refractivity contribution in [1.82, 2.24) is 4.90 Å². The quantitative estimate of drug-likeness (QED) is 0.872. The Morgan fingerprint density at radius 1 is 1.40 bits per heavy atom. The molecule has 0 radical (unpaired) electrons. The van der Waals surface area contributed by atoms with E-state index in [9.17, 15) is 13.6 Å². The highest BCUT2D eigenvalue weighted by Gasteiger charge is 2.30. The number of benzene rings is 1. The molecule has 1 aromatic carbocycles. The fraction of sp³-hybridized carbons (Fsp3) is 0.500. The first-order valence-corrected chi connectivity index (χ1v) is 6.53. The lowest BCUT2D eigenvalue weighted by Gasteiger charge is -2.21. The average molecular weight is 285 g/mol. The van der Waals surface area contributed by atoms with Crippen LogP contribution < -0.4 is 4.74 Å². The Kier molecular flexibility index (Phi) is 4.89. The van der Waals surface area contributed by atoms with Crippen molar-refractivity contribution in [3.8, 4) is 5.75 Å². The highest BCUT2D eigenvalue weighted by molar-refractivity contribution is 5.73. The molecule has 1 aromatic rings. The summed E-state index contributed by atoms with van der Waals surface area (Å²) in [6.07, 6.45) is -0.937. The van der Waals surface area contributed by atoms with Gasteiger partial charge < -0.3 is 9.84 Å². The van der Waals surface area contributed by atoms with E-state index in [-0.39, 0.29) is 0 Å². The van der Waals surface area contributed by atoms with Crippen LogP contribution in [0.25, 0.3) is 0 Å². The van der Waals surface area contributed by atoms with Gasteiger partial charge in [0.05, 0.1) is 0 Å². The van der Waals surface area contributed by atoms with Crippen molar-refractivity contribution in [2.24, 2.45) is 0 Å². The molecule has 6 heteroatoms. The van der Waals surface area contributed by atoms with Crippen LogP contribution in [0.15, 0.2) is 24.3 Å². The summed E-state index contributed by atoms with van der Waals surface area (Å²) in [5.74, 6) is -0.398. The summed E-state index contributed by atoms with van der Waals surface area (Å²) < 4.78 is 28.9. The van der Waals surface area contributed by atoms with Crippen molar-refractivity contribution in [2.45, 2.75) is 31.9 Å². The monoisotopic (exact) mass is 285 g/mol. The van der Waals surface area contributed by atoms with E-state index in [2.05, 4.69) is 0 Å². The van der Waals surface area contributed by atoms with Crippen LogP contribution in [0, 0.1) is 0 Å². The van der Waals surface area contributed by atoms with Gasteiger partial charge in [-0.1, -0.05) is 12.1 Å². The Hall–Kier alpha value is -1.69. The number of carboxylic acid groups (broad SMARTS) is 1. The molecule has 1 aliphatic heterocycles. The third-order valence-electron chi connectivity index (χ3n) is 3.33. The van der Waals surface area contributed by atoms with Crippen molar-refractivity contribution in [3.63, 3.8) is 0 Å². The molecule has 1 heterocycles. The Balaban J connectivity index is 1.91. The Labute approximate surface area is 116 Å². The molecule has 0 saturated carbocycles. The van der Waals surface area contributed by atoms with E-state index in [1.807, 2.05) is 4.90 Å². The van der Waals surface area contributed by atoms with E-state index < -0.39 is 25.0 Å². The van der Waals surface area contributed by atoms with Gasteiger partial charge in [0.2, 0.25) is 0 Å². The zero-order valence-electron chi connectivity index (χ0n) is 11.0. The van der Waals surface area contributed by atoms with Crippen LogP contribution >= 0.6 is 0 Å². The fourth-order valence-electron chi connectivity index (χ4n) is 2.38. The third-order valence-corrected chi connectivity index (χ3v) is 3.33. The Morgan fingerprint density at radius 3 is 2.70 bits per heavy atom. The van der Waals surface area contributed by atoms with Gasteiger partial charge in [0.1, 0.15) is 18.4 Å². The normalized spacial score (nSPS) is 19.4. The highest BCUT2D eigenvalue weighted by atomic mass is 19.3. The predicted octanol–water partition coefficient (Wildman–Crippen LogP) is 2.38. The second-order valence-electron chi connectivity index (χ2n) is 4.81. The molecule has 0 aliphatic carbocycles. The van der Waals surface area contributed by atoms with Gasteiger partial charge in [-0.3, -0.25) is 9.69 Å². The first-order chi connectivity index (χ1) is 9.56. The molecule has 0 bridgehead atoms. The van der Waals surface area contributed by atoms with Crippen molar-refractivity contribution >= 4 is 5.97 Å². The Bertz CT molecular complexity index is 450. The van der Waals surface area contributed by atoms with Crippen molar-refractivity contribution in [3.05, 3.63) is 29.8 Å². The second kappa shape index (κ2) is 6.65. The molecule has 110 valence electrons. The molecule has 0 spiro atoms. The molecular weight excluding hydrogens is 268 g/mol. The molecule has 0 aromatic heterocycles. The van der Waals surface area contributed by atoms with Crippen LogP contribution in [-0.2, 0) is 11.3 Å². The molecule has 1 aliphatic rings. The molecule has 2 rings (SSSR count). The van der Waals surface area contributed by atoms with E-state index in [1.165, 1.54) is 0 Å². The van der Waals surface area contributed by atoms with Gasteiger partial charge in [0.15, 0.2) is 0 Å². The zero-order valence-corrected chi connectivity index (χ0v) is 11.0. The Morgan fingerprint density at radius 2 is 2.10 bits per heavy atom. The largest absolute Gasteiger partial charge is 0.488 e. The van der Waals surface area contributed by atoms with Crippen LogP contribution in [0.2, 0.25) is 0 Å². The molecule has 1 atom stereocenters. The van der Waals surface area contributed by atoms with Crippen LogP contribution in [0.5, 0.6) is 5.75 Å². The van der Waals surface area contributed by atoms with Gasteiger partial charge in [0.25, 0.3) is 6.43 Å². The van der Waals surface area contributed by atoms with Crippen LogP contribution in [-0.4, -0.2) is 41.6 Å². The minimum Gasteiger partial charge on any atom is -0.488 e. The number of carbonyl (C=O) groups is 1. The molecular formula is C14H17F2NO3. The summed E-state index contributed by atoms with van der Waals surface area (Å²) >= 11 is 0. The van der Waals surface area contributed by atoms with Gasteiger partial charge in [-0.15, -0.1) is 0 Å². The minimum atomic E-state index is -2.49. The third kappa shape index (κ3) is 3.90. The van der Waals surface area contributed by atoms with Gasteiger partial charge in [-0.2, -0.15) is 0 Å². The molecule has 1 saturated heterocycles. The number of hydrogen-bond donors (Lipinski definition) is 1. The van der Waals surface area contributed by atoms with Crippen LogP contribution in [0.4, 0.5) is 8.78 Å². The second-order valence-corrected chi connectivity index (χ2v) is 4.81. The summed E-state index contributed by atoms with van der Waals surface area (Å²) in [6, 6.07) is 6.38. The standard InChI is InChI=1S/C14H17F2NO3/c15-13(16)9-20-11-5-3-10(4-6-11)8-17-7-1-2-12(17)14(18)19/h3-6,12-13H,1-2,7-9H2,(H,18,19). The first kappa shape index (κ1) is 14.7. The zero-order chi connectivity index (χ0) is 14.5. The molecule has 0 amide bonds. The van der Waals surface area contributed by atoms with Gasteiger partial charge in [-0.05, 0) is 37.1 Å². The molecule has 1 N–H and O–H groups in total. The van der Waals surface area contributed by atoms with E-state index in [0.717, 1.165) is 18.5 Å². The maximum absolute atomic E-state index is 12.0. The summed E-state index contributed by atoms with van der Waals surface area (Å²) in [4.78, 5) is 13.0. The lowest BCUT2D eigenvalue weighted by molar-refractivity contribution is -0.142. The lowest BCUT2D eigenvalue weighted by atomic mass is 10.2. The van der Waals surface area contributed by atoms with Crippen LogP contribution in [0.3, 0.4) is 0 Å². The molecule has 20 heavy (non-hydrogen) atoms. The molecule has 1 unspecified atom stereocenters. The summed E-state index contributed by atoms with van der Waals surface area (Å²) in [5.41, 5.74) is 0.947. The summed E-state index contributed by atoms with van der Waals surface area (Å²) in [6.45, 7) is 0.694. The molecule has 4 nitrogen and oxygen atoms in total. The summed E-state index contributed by atoms with van der Waals surface area (Å²) in [7, 11) is 0. The number of halogens is 2. The topological polar surface area (TPSA) is 49.8 Å². The fourth-order valence-corrected chi connectivity index (χ4v) is 2.38. The minimum absolute atomic E-state index is 0.394. The maximum atomic E-state index is 12.0. The number of nitrogens with zero attached hydrogens (tertiary/aromatic N) is 1. The van der Waals surface area contributed by atoms with Gasteiger partial charge in [0, 0.05) is 6.54 Å². The van der Waals surface area contributed by atoms with E-state index in [1.54, 1.807) is 24.3 Å². The number of hydrogen-bond acceptors (Lipinski definition) is 3. The van der Waals surface area contributed by atoms with Crippen molar-refractivity contribution in [1.29, 1.82) is 0 Å². The van der Waals surface area contributed by atoms with E-state index >= 15 is 0 Å². The average Bonchev–Trinajstić information content (AvgIpc) is 2.86. The van der Waals surface area contributed by atoms with E-state index in [0.29, 0.717) is 18.7 Å². The number of likely N-dealkylation sites (tertiary alicyclic amines) is 1. The number of aliphatic carboxylic acids is 1. The maximum Gasteiger partial charge on any atom is 0.320 e. The first-order valence-electron chi connectivity index (χ1n) is 6.53.